The molecule has 0 aromatic heterocycles. The molecule has 0 radical (unpaired) electrons. The van der Waals surface area contributed by atoms with Crippen molar-refractivity contribution in [2.75, 3.05) is 5.32 Å². The first-order valence-electron chi connectivity index (χ1n) is 8.17. The van der Waals surface area contributed by atoms with Crippen molar-refractivity contribution >= 4 is 44.8 Å². The highest BCUT2D eigenvalue weighted by Gasteiger charge is 2.07. The third kappa shape index (κ3) is 5.16. The molecule has 134 valence electrons. The Morgan fingerprint density at radius 1 is 0.923 bits per heavy atom. The van der Waals surface area contributed by atoms with Crippen LogP contribution in [0.15, 0.2) is 65.1 Å². The summed E-state index contributed by atoms with van der Waals surface area (Å²) in [7, 11) is 0. The average Bonchev–Trinajstić information content (AvgIpc) is 2.61. The van der Waals surface area contributed by atoms with Crippen LogP contribution in [0.5, 0.6) is 5.75 Å². The first kappa shape index (κ1) is 19.1. The summed E-state index contributed by atoms with van der Waals surface area (Å²) in [5, 5.41) is 4.86. The molecule has 3 aromatic carbocycles. The zero-order valence-electron chi connectivity index (χ0n) is 14.2. The van der Waals surface area contributed by atoms with Gasteiger partial charge in [-0.3, -0.25) is 0 Å². The van der Waals surface area contributed by atoms with Gasteiger partial charge >= 0.3 is 0 Å². The van der Waals surface area contributed by atoms with Gasteiger partial charge in [-0.05, 0) is 66.6 Å². The van der Waals surface area contributed by atoms with Crippen molar-refractivity contribution in [3.05, 3.63) is 91.9 Å². The van der Waals surface area contributed by atoms with Crippen LogP contribution in [0.25, 0.3) is 0 Å². The number of anilines is 1. The highest BCUT2D eigenvalue weighted by atomic mass is 79.9. The van der Waals surface area contributed by atoms with Gasteiger partial charge in [-0.25, -0.2) is 0 Å². The van der Waals surface area contributed by atoms with Crippen molar-refractivity contribution in [1.29, 1.82) is 0 Å². The highest BCUT2D eigenvalue weighted by molar-refractivity contribution is 9.10. The summed E-state index contributed by atoms with van der Waals surface area (Å²) in [6.45, 7) is 3.17. The van der Waals surface area contributed by atoms with Crippen molar-refractivity contribution in [1.82, 2.24) is 0 Å². The summed E-state index contributed by atoms with van der Waals surface area (Å²) in [6.07, 6.45) is 0. The topological polar surface area (TPSA) is 21.3 Å². The Kier molecular flexibility index (Phi) is 6.47. The molecular weight excluding hydrogens is 433 g/mol. The number of hydrogen-bond acceptors (Lipinski definition) is 2. The van der Waals surface area contributed by atoms with Gasteiger partial charge < -0.3 is 10.1 Å². The summed E-state index contributed by atoms with van der Waals surface area (Å²) < 4.78 is 7.07. The van der Waals surface area contributed by atoms with Gasteiger partial charge in [0.1, 0.15) is 12.4 Å². The molecule has 0 amide bonds. The molecule has 0 saturated carbocycles. The van der Waals surface area contributed by atoms with Crippen LogP contribution in [0.3, 0.4) is 0 Å². The Labute approximate surface area is 172 Å². The largest absolute Gasteiger partial charge is 0.489 e. The Hall–Kier alpha value is -1.68. The van der Waals surface area contributed by atoms with Gasteiger partial charge in [0.25, 0.3) is 0 Å². The molecule has 1 N–H and O–H groups in total. The maximum Gasteiger partial charge on any atom is 0.124 e. The molecule has 0 aliphatic heterocycles. The van der Waals surface area contributed by atoms with Crippen molar-refractivity contribution in [3.8, 4) is 5.75 Å². The molecule has 26 heavy (non-hydrogen) atoms. The van der Waals surface area contributed by atoms with Gasteiger partial charge in [0.15, 0.2) is 0 Å². The number of rotatable bonds is 6. The molecule has 5 heteroatoms. The van der Waals surface area contributed by atoms with Crippen LogP contribution >= 0.6 is 39.1 Å². The van der Waals surface area contributed by atoms with Crippen LogP contribution in [-0.2, 0) is 13.2 Å². The minimum atomic E-state index is 0.475. The van der Waals surface area contributed by atoms with E-state index >= 15 is 0 Å². The molecule has 0 aliphatic rings. The summed E-state index contributed by atoms with van der Waals surface area (Å²) in [5.41, 5.74) is 4.32. The monoisotopic (exact) mass is 449 g/mol. The SMILES string of the molecule is Cc1cc(Br)ccc1NCc1cc(Cl)ccc1OCc1ccc(Cl)cc1. The molecule has 2 nitrogen and oxygen atoms in total. The number of halogens is 3. The Morgan fingerprint density at radius 2 is 1.65 bits per heavy atom. The maximum absolute atomic E-state index is 6.18. The predicted molar refractivity (Wildman–Crippen MR) is 113 cm³/mol. The van der Waals surface area contributed by atoms with Gasteiger partial charge in [-0.15, -0.1) is 0 Å². The van der Waals surface area contributed by atoms with E-state index in [4.69, 9.17) is 27.9 Å². The van der Waals surface area contributed by atoms with E-state index in [1.54, 1.807) is 0 Å². The number of nitrogens with one attached hydrogen (secondary N) is 1. The standard InChI is InChI=1S/C21H18BrCl2NO/c1-14-10-17(22)4-8-20(14)25-12-16-11-19(24)7-9-21(16)26-13-15-2-5-18(23)6-3-15/h2-11,25H,12-13H2,1H3. The molecule has 3 aromatic rings. The molecular formula is C21H18BrCl2NO. The van der Waals surface area contributed by atoms with E-state index in [1.165, 1.54) is 5.56 Å². The molecule has 0 saturated heterocycles. The van der Waals surface area contributed by atoms with Crippen molar-refractivity contribution in [2.24, 2.45) is 0 Å². The van der Waals surface area contributed by atoms with E-state index in [0.717, 1.165) is 32.1 Å². The number of ether oxygens (including phenoxy) is 1. The van der Waals surface area contributed by atoms with Crippen LogP contribution < -0.4 is 10.1 Å². The van der Waals surface area contributed by atoms with E-state index in [2.05, 4.69) is 40.3 Å². The zero-order chi connectivity index (χ0) is 18.5. The first-order chi connectivity index (χ1) is 12.5. The van der Waals surface area contributed by atoms with Gasteiger partial charge in [0.2, 0.25) is 0 Å². The minimum absolute atomic E-state index is 0.475. The van der Waals surface area contributed by atoms with E-state index in [0.29, 0.717) is 18.2 Å². The fraction of sp³-hybridized carbons (Fsp3) is 0.143. The highest BCUT2D eigenvalue weighted by Crippen LogP contribution is 2.26. The summed E-state index contributed by atoms with van der Waals surface area (Å²) in [6, 6.07) is 19.5. The quantitative estimate of drug-likeness (QED) is 0.426. The molecule has 0 spiro atoms. The third-order valence-electron chi connectivity index (χ3n) is 3.99. The molecule has 0 unspecified atom stereocenters. The maximum atomic E-state index is 6.18. The minimum Gasteiger partial charge on any atom is -0.489 e. The van der Waals surface area contributed by atoms with Crippen LogP contribution in [0.2, 0.25) is 10.0 Å². The predicted octanol–water partition coefficient (Wildman–Crippen LogP) is 7.26. The van der Waals surface area contributed by atoms with Gasteiger partial charge in [-0.2, -0.15) is 0 Å². The third-order valence-corrected chi connectivity index (χ3v) is 4.97. The second-order valence-corrected chi connectivity index (χ2v) is 7.77. The molecule has 0 heterocycles. The first-order valence-corrected chi connectivity index (χ1v) is 9.72. The summed E-state index contributed by atoms with van der Waals surface area (Å²) >= 11 is 15.6. The van der Waals surface area contributed by atoms with Crippen LogP contribution in [0.4, 0.5) is 5.69 Å². The van der Waals surface area contributed by atoms with Crippen molar-refractivity contribution in [3.63, 3.8) is 0 Å². The molecule has 0 fully saturated rings. The normalized spacial score (nSPS) is 10.6. The number of hydrogen-bond donors (Lipinski definition) is 1. The van der Waals surface area contributed by atoms with Gasteiger partial charge in [0.05, 0.1) is 0 Å². The van der Waals surface area contributed by atoms with Crippen LogP contribution in [0, 0.1) is 6.92 Å². The van der Waals surface area contributed by atoms with E-state index in [-0.39, 0.29) is 0 Å². The summed E-state index contributed by atoms with van der Waals surface area (Å²) in [5.74, 6) is 0.812. The van der Waals surface area contributed by atoms with Crippen LogP contribution in [0.1, 0.15) is 16.7 Å². The lowest BCUT2D eigenvalue weighted by atomic mass is 10.1. The lowest BCUT2D eigenvalue weighted by Gasteiger charge is -2.15. The second kappa shape index (κ2) is 8.81. The fourth-order valence-corrected chi connectivity index (χ4v) is 3.38. The summed E-state index contributed by atoms with van der Waals surface area (Å²) in [4.78, 5) is 0. The van der Waals surface area contributed by atoms with Crippen molar-refractivity contribution in [2.45, 2.75) is 20.1 Å². The van der Waals surface area contributed by atoms with Gasteiger partial charge in [0, 0.05) is 32.3 Å². The van der Waals surface area contributed by atoms with E-state index in [1.807, 2.05) is 48.5 Å². The molecule has 3 rings (SSSR count). The molecule has 0 aliphatic carbocycles. The Morgan fingerprint density at radius 3 is 2.38 bits per heavy atom. The molecule has 0 atom stereocenters. The second-order valence-electron chi connectivity index (χ2n) is 5.98. The Balaban J connectivity index is 1.71. The van der Waals surface area contributed by atoms with E-state index < -0.39 is 0 Å². The van der Waals surface area contributed by atoms with Crippen LogP contribution in [-0.4, -0.2) is 0 Å². The number of aryl methyl sites for hydroxylation is 1. The molecule has 0 bridgehead atoms. The zero-order valence-corrected chi connectivity index (χ0v) is 17.3. The average molecular weight is 451 g/mol. The lowest BCUT2D eigenvalue weighted by molar-refractivity contribution is 0.303. The van der Waals surface area contributed by atoms with Gasteiger partial charge in [-0.1, -0.05) is 51.3 Å². The fourth-order valence-electron chi connectivity index (χ4n) is 2.58. The number of benzene rings is 3. The lowest BCUT2D eigenvalue weighted by Crippen LogP contribution is -2.04. The Bertz CT molecular complexity index is 897. The van der Waals surface area contributed by atoms with E-state index in [9.17, 15) is 0 Å². The van der Waals surface area contributed by atoms with Crippen molar-refractivity contribution < 1.29 is 4.74 Å². The smallest absolute Gasteiger partial charge is 0.124 e.